The molecule has 6 nitrogen and oxygen atoms in total. The molecule has 208 valence electrons. The standard InChI is InChI=1S/C29H29F4NO5/c1-17-15-19(5-7-20(17)30)26-23(37-3)9-10-25(34-26)28(36,29(31,32)33)12-11-21(35)18-6-8-22(24(16-18)38-4)39-27(2)13-14-27/h5-10,15-16,36H,11-14H2,1-4H3. The second kappa shape index (κ2) is 10.5. The lowest BCUT2D eigenvalue weighted by molar-refractivity contribution is -0.270. The van der Waals surface area contributed by atoms with Crippen molar-refractivity contribution >= 4 is 5.78 Å². The number of methoxy groups -OCH3 is 2. The Labute approximate surface area is 223 Å². The fraction of sp³-hybridized carbons (Fsp3) is 0.379. The maximum absolute atomic E-state index is 14.3. The number of hydrogen-bond acceptors (Lipinski definition) is 6. The van der Waals surface area contributed by atoms with Crippen molar-refractivity contribution in [3.8, 4) is 28.5 Å². The highest BCUT2D eigenvalue weighted by Gasteiger charge is 2.56. The zero-order valence-electron chi connectivity index (χ0n) is 22.0. The van der Waals surface area contributed by atoms with Crippen LogP contribution in [0.15, 0.2) is 48.5 Å². The molecular weight excluding hydrogens is 518 g/mol. The zero-order valence-corrected chi connectivity index (χ0v) is 22.0. The molecule has 1 heterocycles. The average molecular weight is 548 g/mol. The number of carbonyl (C=O) groups excluding carboxylic acids is 1. The lowest BCUT2D eigenvalue weighted by Gasteiger charge is -2.30. The first-order chi connectivity index (χ1) is 18.3. The topological polar surface area (TPSA) is 77.9 Å². The number of carbonyl (C=O) groups is 1. The molecular formula is C29H29F4NO5. The summed E-state index contributed by atoms with van der Waals surface area (Å²) in [6.07, 6.45) is -4.99. The van der Waals surface area contributed by atoms with E-state index in [0.717, 1.165) is 18.9 Å². The Balaban J connectivity index is 1.62. The molecule has 1 atom stereocenters. The van der Waals surface area contributed by atoms with Crippen molar-refractivity contribution in [1.82, 2.24) is 4.98 Å². The van der Waals surface area contributed by atoms with E-state index in [9.17, 15) is 27.5 Å². The SMILES string of the molecule is COc1cc(C(=O)CCC(O)(c2ccc(OC)c(-c3ccc(F)c(C)c3)n2)C(F)(F)F)ccc1OC1(C)CC1. The summed E-state index contributed by atoms with van der Waals surface area (Å²) in [6.45, 7) is 3.45. The normalized spacial score (nSPS) is 15.8. The molecule has 1 saturated carbocycles. The van der Waals surface area contributed by atoms with Gasteiger partial charge in [0.15, 0.2) is 17.3 Å². The van der Waals surface area contributed by atoms with Crippen molar-refractivity contribution in [3.63, 3.8) is 0 Å². The molecule has 0 bridgehead atoms. The van der Waals surface area contributed by atoms with E-state index in [4.69, 9.17) is 14.2 Å². The van der Waals surface area contributed by atoms with Gasteiger partial charge in [-0.1, -0.05) is 0 Å². The van der Waals surface area contributed by atoms with Crippen LogP contribution in [0.2, 0.25) is 0 Å². The lowest BCUT2D eigenvalue weighted by Crippen LogP contribution is -2.43. The Hall–Kier alpha value is -3.66. The van der Waals surface area contributed by atoms with Gasteiger partial charge in [0.1, 0.15) is 22.9 Å². The van der Waals surface area contributed by atoms with Gasteiger partial charge in [0.25, 0.3) is 0 Å². The lowest BCUT2D eigenvalue weighted by atomic mass is 9.89. The molecule has 0 radical (unpaired) electrons. The number of aliphatic hydroxyl groups is 1. The summed E-state index contributed by atoms with van der Waals surface area (Å²) >= 11 is 0. The highest BCUT2D eigenvalue weighted by Crippen LogP contribution is 2.45. The number of benzene rings is 2. The second-order valence-corrected chi connectivity index (χ2v) is 9.91. The molecule has 1 aromatic heterocycles. The summed E-state index contributed by atoms with van der Waals surface area (Å²) in [6, 6.07) is 10.6. The van der Waals surface area contributed by atoms with Crippen LogP contribution in [-0.4, -0.2) is 41.9 Å². The summed E-state index contributed by atoms with van der Waals surface area (Å²) in [5, 5.41) is 10.9. The van der Waals surface area contributed by atoms with Gasteiger partial charge in [0, 0.05) is 17.5 Å². The van der Waals surface area contributed by atoms with Crippen molar-refractivity contribution in [2.75, 3.05) is 14.2 Å². The highest BCUT2D eigenvalue weighted by molar-refractivity contribution is 5.96. The number of ether oxygens (including phenoxy) is 3. The van der Waals surface area contributed by atoms with Gasteiger partial charge in [0.2, 0.25) is 5.60 Å². The summed E-state index contributed by atoms with van der Waals surface area (Å²) in [5.74, 6) is -0.247. The molecule has 3 aromatic rings. The summed E-state index contributed by atoms with van der Waals surface area (Å²) < 4.78 is 73.1. The van der Waals surface area contributed by atoms with E-state index in [1.54, 1.807) is 6.07 Å². The first-order valence-corrected chi connectivity index (χ1v) is 12.3. The molecule has 0 amide bonds. The number of halogens is 4. The quantitative estimate of drug-likeness (QED) is 0.229. The summed E-state index contributed by atoms with van der Waals surface area (Å²) in [5.41, 5.74) is -3.75. The van der Waals surface area contributed by atoms with Gasteiger partial charge in [-0.2, -0.15) is 13.2 Å². The van der Waals surface area contributed by atoms with E-state index in [0.29, 0.717) is 11.3 Å². The van der Waals surface area contributed by atoms with Gasteiger partial charge in [-0.05, 0) is 87.2 Å². The van der Waals surface area contributed by atoms with Crippen molar-refractivity contribution in [2.45, 2.75) is 56.9 Å². The van der Waals surface area contributed by atoms with Gasteiger partial charge < -0.3 is 19.3 Å². The number of hydrogen-bond donors (Lipinski definition) is 1. The number of aromatic nitrogens is 1. The molecule has 4 rings (SSSR count). The fourth-order valence-electron chi connectivity index (χ4n) is 4.16. The number of rotatable bonds is 10. The van der Waals surface area contributed by atoms with E-state index in [2.05, 4.69) is 4.98 Å². The number of alkyl halides is 3. The molecule has 0 spiro atoms. The molecule has 1 unspecified atom stereocenters. The van der Waals surface area contributed by atoms with Crippen LogP contribution in [0.5, 0.6) is 17.2 Å². The van der Waals surface area contributed by atoms with Crippen LogP contribution >= 0.6 is 0 Å². The predicted octanol–water partition coefficient (Wildman–Crippen LogP) is 6.56. The maximum atomic E-state index is 14.3. The summed E-state index contributed by atoms with van der Waals surface area (Å²) in [4.78, 5) is 17.0. The Morgan fingerprint density at radius 3 is 2.26 bits per heavy atom. The van der Waals surface area contributed by atoms with E-state index in [-0.39, 0.29) is 33.9 Å². The van der Waals surface area contributed by atoms with E-state index in [1.165, 1.54) is 57.5 Å². The van der Waals surface area contributed by atoms with Crippen LogP contribution in [0.25, 0.3) is 11.3 Å². The minimum absolute atomic E-state index is 0.00298. The van der Waals surface area contributed by atoms with Crippen LogP contribution in [0.3, 0.4) is 0 Å². The average Bonchev–Trinajstić information content (AvgIpc) is 3.64. The molecule has 2 aromatic carbocycles. The van der Waals surface area contributed by atoms with Gasteiger partial charge in [-0.3, -0.25) is 4.79 Å². The first-order valence-electron chi connectivity index (χ1n) is 12.3. The van der Waals surface area contributed by atoms with Gasteiger partial charge in [0.05, 0.1) is 19.9 Å². The van der Waals surface area contributed by atoms with Crippen LogP contribution in [0, 0.1) is 12.7 Å². The maximum Gasteiger partial charge on any atom is 0.422 e. The van der Waals surface area contributed by atoms with Crippen molar-refractivity contribution < 1.29 is 41.7 Å². The Kier molecular flexibility index (Phi) is 7.62. The Morgan fingerprint density at radius 1 is 1.00 bits per heavy atom. The number of Topliss-reactive ketones (excluding diaryl/α,β-unsaturated/α-hetero) is 1. The second-order valence-electron chi connectivity index (χ2n) is 9.91. The first kappa shape index (κ1) is 28.4. The number of aryl methyl sites for hydroxylation is 1. The van der Waals surface area contributed by atoms with E-state index >= 15 is 0 Å². The van der Waals surface area contributed by atoms with Crippen LogP contribution < -0.4 is 14.2 Å². The third-order valence-corrected chi connectivity index (χ3v) is 6.91. The monoisotopic (exact) mass is 547 g/mol. The van der Waals surface area contributed by atoms with Gasteiger partial charge >= 0.3 is 6.18 Å². The number of ketones is 1. The third kappa shape index (κ3) is 5.85. The predicted molar refractivity (Wildman–Crippen MR) is 136 cm³/mol. The largest absolute Gasteiger partial charge is 0.494 e. The molecule has 1 fully saturated rings. The number of nitrogens with zero attached hydrogens (tertiary/aromatic N) is 1. The molecule has 0 saturated heterocycles. The molecule has 1 N–H and O–H groups in total. The van der Waals surface area contributed by atoms with Gasteiger partial charge in [-0.15, -0.1) is 0 Å². The summed E-state index contributed by atoms with van der Waals surface area (Å²) in [7, 11) is 2.73. The molecule has 0 aliphatic heterocycles. The Bertz CT molecular complexity index is 1390. The van der Waals surface area contributed by atoms with Crippen molar-refractivity contribution in [1.29, 1.82) is 0 Å². The highest BCUT2D eigenvalue weighted by atomic mass is 19.4. The zero-order chi connectivity index (χ0) is 28.6. The molecule has 1 aliphatic carbocycles. The van der Waals surface area contributed by atoms with E-state index in [1.807, 2.05) is 6.92 Å². The molecule has 10 heteroatoms. The van der Waals surface area contributed by atoms with Gasteiger partial charge in [-0.25, -0.2) is 9.37 Å². The van der Waals surface area contributed by atoms with Crippen LogP contribution in [-0.2, 0) is 5.60 Å². The van der Waals surface area contributed by atoms with Crippen molar-refractivity contribution in [3.05, 3.63) is 71.2 Å². The number of pyridine rings is 1. The Morgan fingerprint density at radius 2 is 1.67 bits per heavy atom. The van der Waals surface area contributed by atoms with E-state index < -0.39 is 41.9 Å². The smallest absolute Gasteiger partial charge is 0.422 e. The fourth-order valence-corrected chi connectivity index (χ4v) is 4.16. The van der Waals surface area contributed by atoms with Crippen molar-refractivity contribution in [2.24, 2.45) is 0 Å². The van der Waals surface area contributed by atoms with Crippen LogP contribution in [0.4, 0.5) is 17.6 Å². The van der Waals surface area contributed by atoms with Crippen LogP contribution in [0.1, 0.15) is 54.2 Å². The molecule has 39 heavy (non-hydrogen) atoms. The minimum atomic E-state index is -5.15. The minimum Gasteiger partial charge on any atom is -0.494 e. The molecule has 1 aliphatic rings. The third-order valence-electron chi connectivity index (χ3n) is 6.91.